The van der Waals surface area contributed by atoms with Crippen molar-refractivity contribution in [2.75, 3.05) is 0 Å². The Kier molecular flexibility index (Phi) is 1.95. The van der Waals surface area contributed by atoms with Crippen LogP contribution < -0.4 is 27.1 Å². The van der Waals surface area contributed by atoms with E-state index in [4.69, 9.17) is 8.70 Å². The SMILES string of the molecule is [N-]=[N+]=NC1=C[I-]ON1. The van der Waals surface area contributed by atoms with E-state index in [0.717, 1.165) is 0 Å². The van der Waals surface area contributed by atoms with E-state index in [0.29, 0.717) is 5.82 Å². The molecular formula is C2H2IN4O-. The van der Waals surface area contributed by atoms with E-state index >= 15 is 0 Å². The predicted molar refractivity (Wildman–Crippen MR) is 21.4 cm³/mol. The van der Waals surface area contributed by atoms with Crippen LogP contribution in [0.5, 0.6) is 0 Å². The first-order valence-corrected chi connectivity index (χ1v) is 3.87. The van der Waals surface area contributed by atoms with Gasteiger partial charge in [0.15, 0.2) is 0 Å². The van der Waals surface area contributed by atoms with Gasteiger partial charge in [-0.15, -0.1) is 0 Å². The molecule has 0 atom stereocenters. The zero-order valence-electron chi connectivity index (χ0n) is 3.71. The molecule has 0 saturated carbocycles. The number of halogens is 1. The summed E-state index contributed by atoms with van der Waals surface area (Å²) in [6, 6.07) is 0. The average molecular weight is 225 g/mol. The molecule has 0 saturated heterocycles. The second-order valence-electron chi connectivity index (χ2n) is 0.952. The van der Waals surface area contributed by atoms with Crippen LogP contribution in [0.2, 0.25) is 0 Å². The van der Waals surface area contributed by atoms with Gasteiger partial charge in [-0.25, -0.2) is 0 Å². The van der Waals surface area contributed by atoms with Gasteiger partial charge in [0.1, 0.15) is 0 Å². The molecule has 1 aliphatic rings. The quantitative estimate of drug-likeness (QED) is 0.234. The number of hydrogen-bond acceptors (Lipinski definition) is 3. The van der Waals surface area contributed by atoms with E-state index in [1.54, 1.807) is 4.08 Å². The number of hydrogen-bond donors (Lipinski definition) is 1. The molecular weight excluding hydrogens is 223 g/mol. The van der Waals surface area contributed by atoms with Crippen molar-refractivity contribution < 1.29 is 24.8 Å². The normalized spacial score (nSPS) is 17.2. The number of rotatable bonds is 1. The molecule has 1 rings (SSSR count). The van der Waals surface area contributed by atoms with Crippen LogP contribution in [0.25, 0.3) is 10.4 Å². The fraction of sp³-hybridized carbons (Fsp3) is 0. The maximum absolute atomic E-state index is 7.86. The molecule has 0 spiro atoms. The maximum atomic E-state index is 7.86. The molecule has 1 aliphatic heterocycles. The number of nitrogens with one attached hydrogen (secondary N) is 1. The van der Waals surface area contributed by atoms with Crippen LogP contribution in [0.1, 0.15) is 0 Å². The molecule has 44 valence electrons. The third-order valence-electron chi connectivity index (χ3n) is 0.488. The fourth-order valence-corrected chi connectivity index (χ4v) is 1.21. The molecule has 0 amide bonds. The van der Waals surface area contributed by atoms with Crippen LogP contribution in [0.15, 0.2) is 15.0 Å². The van der Waals surface area contributed by atoms with Crippen molar-refractivity contribution in [1.29, 1.82) is 0 Å². The summed E-state index contributed by atoms with van der Waals surface area (Å²) in [4.78, 5) is 2.55. The van der Waals surface area contributed by atoms with E-state index in [-0.39, 0.29) is 21.6 Å². The van der Waals surface area contributed by atoms with E-state index < -0.39 is 0 Å². The van der Waals surface area contributed by atoms with Crippen molar-refractivity contribution >= 4 is 0 Å². The van der Waals surface area contributed by atoms with Crippen LogP contribution in [-0.2, 0) is 3.17 Å². The molecule has 0 fully saturated rings. The van der Waals surface area contributed by atoms with Gasteiger partial charge < -0.3 is 0 Å². The first-order chi connectivity index (χ1) is 3.93. The Morgan fingerprint density at radius 1 is 2.00 bits per heavy atom. The van der Waals surface area contributed by atoms with Gasteiger partial charge in [0, 0.05) is 0 Å². The standard InChI is InChI=1S/C2H2IN4O/c4-7-5-2-1-3-8-6-2/h1,6H/q-1. The van der Waals surface area contributed by atoms with Crippen LogP contribution in [0.4, 0.5) is 0 Å². The summed E-state index contributed by atoms with van der Waals surface area (Å²) in [6.07, 6.45) is 0. The predicted octanol–water partition coefficient (Wildman–Crippen LogP) is -2.37. The molecule has 0 bridgehead atoms. The summed E-state index contributed by atoms with van der Waals surface area (Å²) >= 11 is -0.348. The van der Waals surface area contributed by atoms with Crippen molar-refractivity contribution in [1.82, 2.24) is 5.48 Å². The van der Waals surface area contributed by atoms with Gasteiger partial charge in [-0.1, -0.05) is 0 Å². The van der Waals surface area contributed by atoms with Gasteiger partial charge in [-0.05, 0) is 0 Å². The van der Waals surface area contributed by atoms with Crippen molar-refractivity contribution in [2.45, 2.75) is 0 Å². The Balaban J connectivity index is 2.57. The van der Waals surface area contributed by atoms with Gasteiger partial charge >= 0.3 is 55.7 Å². The Labute approximate surface area is 56.1 Å². The second kappa shape index (κ2) is 2.75. The number of azide groups is 1. The molecule has 0 radical (unpaired) electrons. The fourth-order valence-electron chi connectivity index (χ4n) is 0.239. The van der Waals surface area contributed by atoms with E-state index in [2.05, 4.69) is 15.5 Å². The average Bonchev–Trinajstić information content (AvgIpc) is 2.19. The monoisotopic (exact) mass is 225 g/mol. The molecule has 0 aromatic heterocycles. The minimum absolute atomic E-state index is 0.348. The molecule has 0 unspecified atom stereocenters. The topological polar surface area (TPSA) is 70.0 Å². The summed E-state index contributed by atoms with van der Waals surface area (Å²) in [5.74, 6) is 0.486. The first-order valence-electron chi connectivity index (χ1n) is 1.74. The van der Waals surface area contributed by atoms with Crippen molar-refractivity contribution in [2.24, 2.45) is 5.11 Å². The van der Waals surface area contributed by atoms with Crippen LogP contribution >= 0.6 is 0 Å². The third-order valence-corrected chi connectivity index (χ3v) is 1.81. The van der Waals surface area contributed by atoms with Crippen LogP contribution in [-0.4, -0.2) is 0 Å². The molecule has 1 heterocycles. The second-order valence-corrected chi connectivity index (χ2v) is 2.52. The van der Waals surface area contributed by atoms with Gasteiger partial charge in [0.2, 0.25) is 0 Å². The molecule has 0 aromatic carbocycles. The van der Waals surface area contributed by atoms with Gasteiger partial charge in [-0.3, -0.25) is 0 Å². The molecule has 8 heavy (non-hydrogen) atoms. The van der Waals surface area contributed by atoms with E-state index in [9.17, 15) is 0 Å². The third kappa shape index (κ3) is 1.25. The summed E-state index contributed by atoms with van der Waals surface area (Å²) in [7, 11) is 0. The summed E-state index contributed by atoms with van der Waals surface area (Å²) in [6.45, 7) is 0. The van der Waals surface area contributed by atoms with Crippen LogP contribution in [0.3, 0.4) is 0 Å². The Hall–Kier alpha value is -0.460. The summed E-state index contributed by atoms with van der Waals surface area (Å²) in [5, 5.41) is 3.26. The van der Waals surface area contributed by atoms with Gasteiger partial charge in [0.25, 0.3) is 0 Å². The number of nitrogens with zero attached hydrogens (tertiary/aromatic N) is 3. The molecule has 1 N–H and O–H groups in total. The Bertz CT molecular complexity index is 159. The molecule has 0 aliphatic carbocycles. The van der Waals surface area contributed by atoms with Crippen molar-refractivity contribution in [3.8, 4) is 0 Å². The van der Waals surface area contributed by atoms with Crippen LogP contribution in [0, 0.1) is 0 Å². The molecule has 0 aromatic rings. The van der Waals surface area contributed by atoms with Crippen molar-refractivity contribution in [3.05, 3.63) is 20.3 Å². The van der Waals surface area contributed by atoms with Gasteiger partial charge in [-0.2, -0.15) is 0 Å². The molecule has 6 heteroatoms. The van der Waals surface area contributed by atoms with E-state index in [1.807, 2.05) is 0 Å². The number of hydroxylamine groups is 1. The zero-order valence-corrected chi connectivity index (χ0v) is 5.86. The van der Waals surface area contributed by atoms with Crippen molar-refractivity contribution in [3.63, 3.8) is 0 Å². The Morgan fingerprint density at radius 2 is 2.88 bits per heavy atom. The first kappa shape index (κ1) is 5.67. The van der Waals surface area contributed by atoms with E-state index in [1.165, 1.54) is 0 Å². The zero-order chi connectivity index (χ0) is 5.82. The minimum atomic E-state index is -0.348. The van der Waals surface area contributed by atoms with Gasteiger partial charge in [0.05, 0.1) is 0 Å². The summed E-state index contributed by atoms with van der Waals surface area (Å²) < 4.78 is 6.47. The Morgan fingerprint density at radius 3 is 3.38 bits per heavy atom. The summed E-state index contributed by atoms with van der Waals surface area (Å²) in [5.41, 5.74) is 10.3. The molecule has 5 nitrogen and oxygen atoms in total.